The Kier molecular flexibility index (Phi) is 24.6. The van der Waals surface area contributed by atoms with Gasteiger partial charge >= 0.3 is 0 Å². The maximum atomic E-state index is 11.4. The Hall–Kier alpha value is -11.9. The van der Waals surface area contributed by atoms with Crippen LogP contribution in [0.2, 0.25) is 0 Å². The van der Waals surface area contributed by atoms with E-state index >= 15 is 0 Å². The summed E-state index contributed by atoms with van der Waals surface area (Å²) in [6.45, 7) is 17.2. The lowest BCUT2D eigenvalue weighted by molar-refractivity contribution is -0.111. The van der Waals surface area contributed by atoms with Gasteiger partial charge in [-0.1, -0.05) is 32.6 Å². The zero-order valence-electron chi connectivity index (χ0n) is 58.0. The molecular weight excluding hydrogens is 1310 g/mol. The molecule has 0 saturated carbocycles. The number of nitrogens with zero attached hydrogens (tertiary/aromatic N) is 12. The lowest BCUT2D eigenvalue weighted by Gasteiger charge is -2.43. The van der Waals surface area contributed by atoms with E-state index in [1.54, 1.807) is 67.1 Å². The van der Waals surface area contributed by atoms with E-state index in [1.807, 2.05) is 78.9 Å². The molecule has 5 aliphatic rings. The Morgan fingerprint density at radius 1 is 0.481 bits per heavy atom. The van der Waals surface area contributed by atoms with Crippen molar-refractivity contribution in [1.82, 2.24) is 34.8 Å². The molecule has 5 aliphatic heterocycles. The number of anilines is 8. The van der Waals surface area contributed by atoms with Crippen LogP contribution < -0.4 is 40.4 Å². The van der Waals surface area contributed by atoms with E-state index < -0.39 is 0 Å². The number of rotatable bonds is 20. The number of benzene rings is 6. The number of hydrogen-bond acceptors (Lipinski definition) is 23. The molecule has 24 heteroatoms. The fourth-order valence-corrected chi connectivity index (χ4v) is 12.2. The van der Waals surface area contributed by atoms with E-state index in [1.165, 1.54) is 11.6 Å². The zero-order valence-corrected chi connectivity index (χ0v) is 58.0. The molecule has 0 bridgehead atoms. The van der Waals surface area contributed by atoms with E-state index in [9.17, 15) is 25.8 Å². The van der Waals surface area contributed by atoms with Gasteiger partial charge in [0.25, 0.3) is 0 Å². The SMILES string of the molecule is C=CC(=O)Nc1ccc(Nc2ccnc(-c3ccc(OC4CCOCC4)c(C#N)c3)n2)cc1.CC(C)c1ccc(Nc2ccnc(-c3ccc(OC4CCOCC4)c(C#N)c3)n2)cc1.N#Cc1cc(-c2nccc(Nc3ccc(N4CCN(C5COC5)CC4)c(C#N)c3)n2)ccc1OC1CCOCC1. The largest absolute Gasteiger partial charge is 0.489 e. The van der Waals surface area contributed by atoms with Gasteiger partial charge in [0.2, 0.25) is 5.91 Å². The van der Waals surface area contributed by atoms with Gasteiger partial charge in [-0.05, 0) is 145 Å². The Morgan fingerprint density at radius 3 is 1.24 bits per heavy atom. The first-order chi connectivity index (χ1) is 51.0. The van der Waals surface area contributed by atoms with Crippen molar-refractivity contribution in [3.63, 3.8) is 0 Å². The number of amides is 1. The van der Waals surface area contributed by atoms with E-state index in [-0.39, 0.29) is 24.2 Å². The fraction of sp³-hybridized carbons (Fsp3) is 0.312. The van der Waals surface area contributed by atoms with Gasteiger partial charge in [0.1, 0.15) is 77.3 Å². The number of carbonyl (C=O) groups excluding carboxylic acids is 1. The second-order valence-corrected chi connectivity index (χ2v) is 25.5. The molecule has 5 fully saturated rings. The lowest BCUT2D eigenvalue weighted by Crippen LogP contribution is -2.56. The van der Waals surface area contributed by atoms with Crippen LogP contribution in [-0.2, 0) is 23.7 Å². The number of ether oxygens (including phenoxy) is 7. The predicted molar refractivity (Wildman–Crippen MR) is 395 cm³/mol. The first-order valence-corrected chi connectivity index (χ1v) is 34.9. The molecule has 5 saturated heterocycles. The molecule has 0 unspecified atom stereocenters. The van der Waals surface area contributed by atoms with Crippen LogP contribution >= 0.6 is 0 Å². The van der Waals surface area contributed by atoms with Crippen molar-refractivity contribution in [3.05, 3.63) is 199 Å². The molecule has 8 heterocycles. The van der Waals surface area contributed by atoms with Crippen molar-refractivity contribution in [2.75, 3.05) is 105 Å². The van der Waals surface area contributed by atoms with E-state index in [0.717, 1.165) is 117 Å². The molecule has 0 radical (unpaired) electrons. The molecular formula is C80H80N16O8. The van der Waals surface area contributed by atoms with Gasteiger partial charge in [-0.2, -0.15) is 21.0 Å². The fourth-order valence-electron chi connectivity index (χ4n) is 12.2. The lowest BCUT2D eigenvalue weighted by atomic mass is 10.0. The Balaban J connectivity index is 0.000000148. The van der Waals surface area contributed by atoms with Crippen LogP contribution in [0.5, 0.6) is 17.2 Å². The Morgan fingerprint density at radius 2 is 0.865 bits per heavy atom. The first kappa shape index (κ1) is 71.9. The van der Waals surface area contributed by atoms with Gasteiger partial charge in [-0.15, -0.1) is 0 Å². The number of piperazine rings is 1. The van der Waals surface area contributed by atoms with Gasteiger partial charge in [0.15, 0.2) is 17.5 Å². The highest BCUT2D eigenvalue weighted by Crippen LogP contribution is 2.34. The average Bonchev–Trinajstić information content (AvgIpc) is 0.816. The molecule has 0 spiro atoms. The second-order valence-electron chi connectivity index (χ2n) is 25.5. The minimum Gasteiger partial charge on any atom is -0.489 e. The van der Waals surface area contributed by atoms with E-state index in [2.05, 4.69) is 118 Å². The minimum atomic E-state index is -0.267. The van der Waals surface area contributed by atoms with Crippen molar-refractivity contribution < 1.29 is 38.0 Å². The standard InChI is InChI=1S/C30H31N7O3.C25H23N5O3.C25H26N4O2/c31-17-22-16-24(2-3-27(22)37-11-9-36(10-12-37)25-19-39-20-25)34-29-5-8-33-30(35-29)21-1-4-28(23(15-21)18-32)40-26-6-13-38-14-7-26;1-2-24(31)29-20-6-4-19(5-7-20)28-23-9-12-27-25(30-23)17-3-8-22(18(15-17)16-26)33-21-10-13-32-14-11-21;1-17(2)18-3-6-21(7-4-18)28-24-9-12-27-25(29-24)19-5-8-23(20(15-19)16-26)31-22-10-13-30-14-11-22/h1-5,8,15-16,25-26H,6-7,9-14,19-20H2,(H,33,34,35);2-9,12,15,21H,1,10-11,13-14H2,(H,29,31)(H,27,28,30);3-9,12,15,17,22H,10-11,13-14H2,1-2H3,(H,27,28,29). The van der Waals surface area contributed by atoms with Crippen LogP contribution in [-0.4, -0.2) is 144 Å². The van der Waals surface area contributed by atoms with Gasteiger partial charge in [0.05, 0.1) is 86.8 Å². The van der Waals surface area contributed by atoms with Crippen molar-refractivity contribution in [1.29, 1.82) is 21.0 Å². The van der Waals surface area contributed by atoms with Crippen LogP contribution in [0.4, 0.5) is 45.9 Å². The molecule has 9 aromatic rings. The molecule has 528 valence electrons. The summed E-state index contributed by atoms with van der Waals surface area (Å²) >= 11 is 0. The highest BCUT2D eigenvalue weighted by Gasteiger charge is 2.30. The van der Waals surface area contributed by atoms with Gasteiger partial charge in [0, 0.05) is 123 Å². The molecule has 3 aromatic heterocycles. The number of nitrogens with one attached hydrogen (secondary N) is 4. The number of aromatic nitrogens is 6. The summed E-state index contributed by atoms with van der Waals surface area (Å²) in [6, 6.07) is 52.7. The maximum absolute atomic E-state index is 11.4. The summed E-state index contributed by atoms with van der Waals surface area (Å²) in [4.78, 5) is 43.2. The summed E-state index contributed by atoms with van der Waals surface area (Å²) < 4.78 is 39.6. The quantitative estimate of drug-likeness (QED) is 0.0515. The van der Waals surface area contributed by atoms with Gasteiger partial charge < -0.3 is 59.3 Å². The van der Waals surface area contributed by atoms with Crippen LogP contribution in [0.3, 0.4) is 0 Å². The summed E-state index contributed by atoms with van der Waals surface area (Å²) in [5.41, 5.74) is 9.66. The van der Waals surface area contributed by atoms with Crippen molar-refractivity contribution in [3.8, 4) is 75.7 Å². The Labute approximate surface area is 604 Å². The molecule has 1 amide bonds. The third kappa shape index (κ3) is 19.4. The minimum absolute atomic E-state index is 0.0483. The second kappa shape index (κ2) is 35.6. The average molecular weight is 1390 g/mol. The van der Waals surface area contributed by atoms with Gasteiger partial charge in [-0.3, -0.25) is 9.69 Å². The van der Waals surface area contributed by atoms with Crippen molar-refractivity contribution >= 4 is 51.8 Å². The summed E-state index contributed by atoms with van der Waals surface area (Å²) in [7, 11) is 0. The maximum Gasteiger partial charge on any atom is 0.247 e. The molecule has 0 aliphatic carbocycles. The highest BCUT2D eigenvalue weighted by molar-refractivity contribution is 5.99. The molecule has 104 heavy (non-hydrogen) atoms. The van der Waals surface area contributed by atoms with Crippen molar-refractivity contribution in [2.24, 2.45) is 0 Å². The van der Waals surface area contributed by atoms with E-state index in [4.69, 9.17) is 33.2 Å². The topological polar surface area (TPSA) is 309 Å². The number of hydrogen-bond donors (Lipinski definition) is 4. The smallest absolute Gasteiger partial charge is 0.247 e. The highest BCUT2D eigenvalue weighted by atomic mass is 16.5. The monoisotopic (exact) mass is 1390 g/mol. The van der Waals surface area contributed by atoms with Crippen LogP contribution in [0.1, 0.15) is 86.1 Å². The first-order valence-electron chi connectivity index (χ1n) is 34.9. The third-order valence-electron chi connectivity index (χ3n) is 18.1. The van der Waals surface area contributed by atoms with Crippen LogP contribution in [0.15, 0.2) is 171 Å². The predicted octanol–water partition coefficient (Wildman–Crippen LogP) is 13.6. The van der Waals surface area contributed by atoms with Crippen LogP contribution in [0, 0.1) is 45.3 Å². The molecule has 4 N–H and O–H groups in total. The van der Waals surface area contributed by atoms with Crippen molar-refractivity contribution in [2.45, 2.75) is 82.6 Å². The molecule has 24 nitrogen and oxygen atoms in total. The van der Waals surface area contributed by atoms with Gasteiger partial charge in [-0.25, -0.2) is 29.9 Å². The normalized spacial score (nSPS) is 15.6. The zero-order chi connectivity index (χ0) is 72.0. The summed E-state index contributed by atoms with van der Waals surface area (Å²) in [5, 5.41) is 51.4. The van der Waals surface area contributed by atoms with Crippen LogP contribution in [0.25, 0.3) is 34.2 Å². The molecule has 6 aromatic carbocycles. The molecule has 14 rings (SSSR count). The third-order valence-corrected chi connectivity index (χ3v) is 18.1. The number of carbonyl (C=O) groups is 1. The summed E-state index contributed by atoms with van der Waals surface area (Å²) in [5.74, 6) is 5.38. The number of nitriles is 4. The summed E-state index contributed by atoms with van der Waals surface area (Å²) in [6.07, 6.45) is 11.4. The molecule has 0 atom stereocenters. The van der Waals surface area contributed by atoms with E-state index in [0.29, 0.717) is 132 Å². The Bertz CT molecular complexity index is 4600.